The number of hydrogen-bond donors (Lipinski definition) is 1. The third-order valence-corrected chi connectivity index (χ3v) is 5.32. The van der Waals surface area contributed by atoms with Crippen LogP contribution in [-0.4, -0.2) is 47.7 Å². The van der Waals surface area contributed by atoms with Crippen LogP contribution in [0.3, 0.4) is 0 Å². The predicted octanol–water partition coefficient (Wildman–Crippen LogP) is 1.98. The van der Waals surface area contributed by atoms with Gasteiger partial charge in [0.2, 0.25) is 22.8 Å². The summed E-state index contributed by atoms with van der Waals surface area (Å²) in [6.45, 7) is 0.261. The molecule has 2 N–H and O–H groups in total. The average Bonchev–Trinajstić information content (AvgIpc) is 3.26. The van der Waals surface area contributed by atoms with Crippen molar-refractivity contribution in [2.24, 2.45) is 0 Å². The fraction of sp³-hybridized carbons (Fsp3) is 0.312. The van der Waals surface area contributed by atoms with Gasteiger partial charge >= 0.3 is 0 Å². The summed E-state index contributed by atoms with van der Waals surface area (Å²) >= 11 is 7.41. The van der Waals surface area contributed by atoms with Crippen LogP contribution in [0.25, 0.3) is 11.5 Å². The number of carbonyl (C=O) groups is 1. The van der Waals surface area contributed by atoms with Gasteiger partial charge in [0.25, 0.3) is 0 Å². The van der Waals surface area contributed by atoms with Crippen molar-refractivity contribution in [3.05, 3.63) is 41.5 Å². The highest BCUT2D eigenvalue weighted by molar-refractivity contribution is 7.99. The number of carbonyl (C=O) groups excluding carboxylic acids is 1. The number of nitrogen functional groups attached to an aromatic ring is 1. The Balaban J connectivity index is 1.44. The molecular weight excluding hydrogens is 390 g/mol. The second kappa shape index (κ2) is 7.57. The SMILES string of the molecule is Nn1cnnc1SCC(=O)N(Cc1nnc(-c2ccccc2Cl)o1)C1CC1. The first-order valence-corrected chi connectivity index (χ1v) is 9.63. The maximum atomic E-state index is 12.7. The van der Waals surface area contributed by atoms with E-state index in [1.165, 1.54) is 22.8 Å². The van der Waals surface area contributed by atoms with E-state index >= 15 is 0 Å². The topological polar surface area (TPSA) is 116 Å². The van der Waals surface area contributed by atoms with Gasteiger partial charge in [0.1, 0.15) is 6.33 Å². The van der Waals surface area contributed by atoms with Crippen LogP contribution in [-0.2, 0) is 11.3 Å². The van der Waals surface area contributed by atoms with Gasteiger partial charge in [0.15, 0.2) is 0 Å². The molecule has 1 saturated carbocycles. The summed E-state index contributed by atoms with van der Waals surface area (Å²) in [5, 5.41) is 16.7. The third kappa shape index (κ3) is 4.06. The van der Waals surface area contributed by atoms with Crippen LogP contribution in [0.2, 0.25) is 5.02 Å². The van der Waals surface area contributed by atoms with Gasteiger partial charge < -0.3 is 15.2 Å². The molecule has 1 amide bonds. The molecule has 1 aliphatic carbocycles. The first-order valence-electron chi connectivity index (χ1n) is 8.26. The zero-order valence-corrected chi connectivity index (χ0v) is 15.7. The lowest BCUT2D eigenvalue weighted by Crippen LogP contribution is -2.34. The van der Waals surface area contributed by atoms with E-state index in [-0.39, 0.29) is 24.2 Å². The number of amides is 1. The molecule has 9 nitrogen and oxygen atoms in total. The Hall–Kier alpha value is -2.59. The second-order valence-corrected chi connectivity index (χ2v) is 7.39. The van der Waals surface area contributed by atoms with Crippen molar-refractivity contribution in [3.63, 3.8) is 0 Å². The summed E-state index contributed by atoms with van der Waals surface area (Å²) in [4.78, 5) is 14.4. The lowest BCUT2D eigenvalue weighted by atomic mass is 10.2. The van der Waals surface area contributed by atoms with Crippen LogP contribution >= 0.6 is 23.4 Å². The minimum absolute atomic E-state index is 0.0389. The minimum atomic E-state index is -0.0389. The molecule has 3 aromatic rings. The molecule has 1 aliphatic rings. The lowest BCUT2D eigenvalue weighted by Gasteiger charge is -2.20. The summed E-state index contributed by atoms with van der Waals surface area (Å²) < 4.78 is 7.01. The molecule has 140 valence electrons. The maximum absolute atomic E-state index is 12.7. The molecule has 0 radical (unpaired) electrons. The Morgan fingerprint density at radius 3 is 2.85 bits per heavy atom. The second-order valence-electron chi connectivity index (χ2n) is 6.04. The number of benzene rings is 1. The summed E-state index contributed by atoms with van der Waals surface area (Å²) in [7, 11) is 0. The molecule has 0 bridgehead atoms. The van der Waals surface area contributed by atoms with E-state index < -0.39 is 0 Å². The largest absolute Gasteiger partial charge is 0.419 e. The molecule has 27 heavy (non-hydrogen) atoms. The van der Waals surface area contributed by atoms with Crippen LogP contribution in [0.1, 0.15) is 18.7 Å². The van der Waals surface area contributed by atoms with Crippen molar-refractivity contribution in [3.8, 4) is 11.5 Å². The number of nitrogens with two attached hydrogens (primary N) is 1. The van der Waals surface area contributed by atoms with Crippen molar-refractivity contribution in [2.45, 2.75) is 30.6 Å². The number of hydrogen-bond acceptors (Lipinski definition) is 8. The van der Waals surface area contributed by atoms with Gasteiger partial charge in [-0.05, 0) is 25.0 Å². The average molecular weight is 406 g/mol. The van der Waals surface area contributed by atoms with E-state index in [2.05, 4.69) is 20.4 Å². The normalized spacial score (nSPS) is 13.7. The highest BCUT2D eigenvalue weighted by Gasteiger charge is 2.33. The van der Waals surface area contributed by atoms with Gasteiger partial charge in [-0.2, -0.15) is 0 Å². The van der Waals surface area contributed by atoms with Crippen LogP contribution in [0, 0.1) is 0 Å². The standard InChI is InChI=1S/C16H16ClN7O2S/c17-12-4-2-1-3-11(12)15-21-20-13(26-15)7-23(10-5-6-10)14(25)8-27-16-22-19-9-24(16)18/h1-4,9-10H,5-8,18H2. The van der Waals surface area contributed by atoms with Gasteiger partial charge in [-0.1, -0.05) is 35.5 Å². The Labute approximate surface area is 163 Å². The first kappa shape index (κ1) is 17.8. The molecule has 0 saturated heterocycles. The van der Waals surface area contributed by atoms with Crippen LogP contribution in [0.5, 0.6) is 0 Å². The molecule has 0 spiro atoms. The number of nitrogens with zero attached hydrogens (tertiary/aromatic N) is 6. The molecule has 0 atom stereocenters. The summed E-state index contributed by atoms with van der Waals surface area (Å²) in [6, 6.07) is 7.44. The van der Waals surface area contributed by atoms with Crippen LogP contribution in [0.4, 0.5) is 0 Å². The summed E-state index contributed by atoms with van der Waals surface area (Å²) in [5.74, 6) is 6.55. The minimum Gasteiger partial charge on any atom is -0.419 e. The van der Waals surface area contributed by atoms with Crippen molar-refractivity contribution in [1.29, 1.82) is 0 Å². The van der Waals surface area contributed by atoms with Crippen molar-refractivity contribution in [2.75, 3.05) is 11.6 Å². The van der Waals surface area contributed by atoms with E-state index in [0.717, 1.165) is 12.8 Å². The zero-order valence-electron chi connectivity index (χ0n) is 14.2. The van der Waals surface area contributed by atoms with Crippen LogP contribution in [0.15, 0.2) is 40.2 Å². The number of halogens is 1. The monoisotopic (exact) mass is 405 g/mol. The van der Waals surface area contributed by atoms with Crippen molar-refractivity contribution < 1.29 is 9.21 Å². The predicted molar refractivity (Wildman–Crippen MR) is 99.2 cm³/mol. The quantitative estimate of drug-likeness (QED) is 0.468. The molecular formula is C16H16ClN7O2S. The van der Waals surface area contributed by atoms with Gasteiger partial charge in [-0.15, -0.1) is 20.4 Å². The van der Waals surface area contributed by atoms with Gasteiger partial charge in [-0.3, -0.25) is 4.79 Å². The number of rotatable bonds is 7. The van der Waals surface area contributed by atoms with E-state index in [4.69, 9.17) is 21.9 Å². The van der Waals surface area contributed by atoms with Crippen molar-refractivity contribution >= 4 is 29.3 Å². The fourth-order valence-electron chi connectivity index (χ4n) is 2.56. The van der Waals surface area contributed by atoms with E-state index in [9.17, 15) is 4.79 Å². The fourth-order valence-corrected chi connectivity index (χ4v) is 3.49. The first-order chi connectivity index (χ1) is 13.1. The van der Waals surface area contributed by atoms with E-state index in [0.29, 0.717) is 27.5 Å². The highest BCUT2D eigenvalue weighted by Crippen LogP contribution is 2.31. The van der Waals surface area contributed by atoms with E-state index in [1.807, 2.05) is 18.2 Å². The molecule has 11 heteroatoms. The third-order valence-electron chi connectivity index (χ3n) is 4.05. The van der Waals surface area contributed by atoms with Gasteiger partial charge in [0, 0.05) is 6.04 Å². The number of thioether (sulfide) groups is 1. The molecule has 1 aromatic carbocycles. The summed E-state index contributed by atoms with van der Waals surface area (Å²) in [5.41, 5.74) is 0.667. The van der Waals surface area contributed by atoms with Crippen molar-refractivity contribution in [1.82, 2.24) is 30.0 Å². The Kier molecular flexibility index (Phi) is 4.99. The molecule has 0 aliphatic heterocycles. The highest BCUT2D eigenvalue weighted by atomic mass is 35.5. The molecule has 0 unspecified atom stereocenters. The Bertz CT molecular complexity index is 956. The smallest absolute Gasteiger partial charge is 0.249 e. The molecule has 4 rings (SSSR count). The zero-order chi connectivity index (χ0) is 18.8. The van der Waals surface area contributed by atoms with E-state index in [1.54, 1.807) is 11.0 Å². The van der Waals surface area contributed by atoms with Gasteiger partial charge in [-0.25, -0.2) is 4.68 Å². The molecule has 2 heterocycles. The summed E-state index contributed by atoms with van der Waals surface area (Å²) in [6.07, 6.45) is 3.32. The lowest BCUT2D eigenvalue weighted by molar-refractivity contribution is -0.129. The van der Waals surface area contributed by atoms with Gasteiger partial charge in [0.05, 0.1) is 22.9 Å². The van der Waals surface area contributed by atoms with Crippen LogP contribution < -0.4 is 5.84 Å². The Morgan fingerprint density at radius 1 is 1.33 bits per heavy atom. The number of aromatic nitrogens is 5. The maximum Gasteiger partial charge on any atom is 0.249 e. The molecule has 1 fully saturated rings. The Morgan fingerprint density at radius 2 is 2.15 bits per heavy atom. The molecule has 2 aromatic heterocycles.